The average molecular weight is 456 g/mol. The van der Waals surface area contributed by atoms with E-state index in [0.717, 1.165) is 36.5 Å². The van der Waals surface area contributed by atoms with E-state index in [1.807, 2.05) is 31.3 Å². The van der Waals surface area contributed by atoms with Crippen molar-refractivity contribution in [2.24, 2.45) is 0 Å². The fourth-order valence-corrected chi connectivity index (χ4v) is 4.66. The summed E-state index contributed by atoms with van der Waals surface area (Å²) in [5.41, 5.74) is 2.01. The van der Waals surface area contributed by atoms with Crippen LogP contribution in [0.15, 0.2) is 35.5 Å². The molecular formula is C24H21FN8O. The number of halogens is 1. The van der Waals surface area contributed by atoms with Crippen LogP contribution in [0, 0.1) is 17.1 Å². The molecule has 4 heterocycles. The van der Waals surface area contributed by atoms with E-state index < -0.39 is 11.4 Å². The minimum absolute atomic E-state index is 0.0386. The highest BCUT2D eigenvalue weighted by atomic mass is 19.1. The maximum absolute atomic E-state index is 13.3. The summed E-state index contributed by atoms with van der Waals surface area (Å²) in [6.07, 6.45) is 8.10. The van der Waals surface area contributed by atoms with Gasteiger partial charge in [0.05, 0.1) is 18.4 Å². The molecule has 2 saturated carbocycles. The molecule has 0 amide bonds. The van der Waals surface area contributed by atoms with Crippen LogP contribution in [0.5, 0.6) is 0 Å². The summed E-state index contributed by atoms with van der Waals surface area (Å²) >= 11 is 0. The maximum atomic E-state index is 13.3. The van der Waals surface area contributed by atoms with Gasteiger partial charge in [-0.05, 0) is 44.2 Å². The quantitative estimate of drug-likeness (QED) is 0.487. The first-order valence-corrected chi connectivity index (χ1v) is 11.4. The number of nitrogens with one attached hydrogen (secondary N) is 1. The fraction of sp³-hybridized carbons (Fsp3) is 0.375. The molecule has 0 aromatic carbocycles. The average Bonchev–Trinajstić information content (AvgIpc) is 3.60. The van der Waals surface area contributed by atoms with Gasteiger partial charge in [0, 0.05) is 29.6 Å². The number of nitriles is 1. The summed E-state index contributed by atoms with van der Waals surface area (Å²) in [7, 11) is 0. The highest BCUT2D eigenvalue weighted by Crippen LogP contribution is 2.46. The summed E-state index contributed by atoms with van der Waals surface area (Å²) < 4.78 is 14.9. The third-order valence-electron chi connectivity index (χ3n) is 6.94. The van der Waals surface area contributed by atoms with Crippen LogP contribution in [0.25, 0.3) is 11.0 Å². The summed E-state index contributed by atoms with van der Waals surface area (Å²) in [6, 6.07) is 5.81. The molecule has 3 atom stereocenters. The minimum Gasteiger partial charge on any atom is -0.310 e. The molecule has 0 bridgehead atoms. The van der Waals surface area contributed by atoms with Crippen molar-refractivity contribution in [3.05, 3.63) is 75.5 Å². The zero-order valence-corrected chi connectivity index (χ0v) is 18.4. The second kappa shape index (κ2) is 7.80. The number of aromatic nitrogens is 7. The van der Waals surface area contributed by atoms with Crippen LogP contribution in [0.1, 0.15) is 85.0 Å². The molecule has 1 N–H and O–H groups in total. The Morgan fingerprint density at radius 2 is 1.88 bits per heavy atom. The smallest absolute Gasteiger partial charge is 0.263 e. The molecule has 4 aromatic rings. The van der Waals surface area contributed by atoms with Crippen LogP contribution in [-0.2, 0) is 0 Å². The summed E-state index contributed by atoms with van der Waals surface area (Å²) in [5, 5.41) is 14.2. The third-order valence-corrected chi connectivity index (χ3v) is 6.94. The number of hydrogen-bond acceptors (Lipinski definition) is 7. The van der Waals surface area contributed by atoms with Crippen molar-refractivity contribution in [1.82, 2.24) is 34.7 Å². The Hall–Kier alpha value is -4.00. The lowest BCUT2D eigenvalue weighted by Gasteiger charge is -2.34. The Bertz CT molecular complexity index is 1480. The van der Waals surface area contributed by atoms with E-state index in [-0.39, 0.29) is 29.0 Å². The Kier molecular flexibility index (Phi) is 4.72. The zero-order valence-electron chi connectivity index (χ0n) is 18.4. The van der Waals surface area contributed by atoms with Gasteiger partial charge in [-0.3, -0.25) is 9.78 Å². The summed E-state index contributed by atoms with van der Waals surface area (Å²) in [6.45, 7) is 1.95. The van der Waals surface area contributed by atoms with Gasteiger partial charge in [-0.2, -0.15) is 10.4 Å². The van der Waals surface area contributed by atoms with E-state index in [1.54, 1.807) is 4.68 Å². The highest BCUT2D eigenvalue weighted by molar-refractivity contribution is 5.80. The van der Waals surface area contributed by atoms with Gasteiger partial charge in [0.1, 0.15) is 23.1 Å². The second-order valence-electron chi connectivity index (χ2n) is 9.07. The summed E-state index contributed by atoms with van der Waals surface area (Å²) in [5.74, 6) is 0.928. The number of fused-ring (bicyclic) bond motifs is 1. The molecule has 0 aliphatic heterocycles. The Labute approximate surface area is 193 Å². The molecule has 2 fully saturated rings. The minimum atomic E-state index is -0.492. The number of pyridine rings is 1. The number of aromatic amines is 1. The lowest BCUT2D eigenvalue weighted by molar-refractivity contribution is 0.318. The molecule has 0 unspecified atom stereocenters. The van der Waals surface area contributed by atoms with Gasteiger partial charge in [-0.25, -0.2) is 24.0 Å². The molecule has 0 spiro atoms. The number of H-pyrrole nitrogens is 1. The summed E-state index contributed by atoms with van der Waals surface area (Å²) in [4.78, 5) is 33.4. The van der Waals surface area contributed by atoms with Crippen LogP contribution in [-0.4, -0.2) is 34.7 Å². The number of nitrogens with zero attached hydrogens (tertiary/aromatic N) is 7. The van der Waals surface area contributed by atoms with E-state index in [1.165, 1.54) is 12.8 Å². The lowest BCUT2D eigenvalue weighted by Crippen LogP contribution is -2.28. The molecule has 0 saturated heterocycles. The van der Waals surface area contributed by atoms with E-state index in [0.29, 0.717) is 23.2 Å². The number of rotatable bonds is 5. The van der Waals surface area contributed by atoms with Crippen molar-refractivity contribution in [3.63, 3.8) is 0 Å². The monoisotopic (exact) mass is 456 g/mol. The first-order chi connectivity index (χ1) is 16.5. The standard InChI is InChI=1S/C24H21FN8O/c1-12(14-4-7-18(27-9-14)13-2-3-13)33-23-20(19(8-26)32-33)24(34)31-22(30-23)17-6-5-16(17)21-28-10-15(25)11-29-21/h4,7,9-13,16-17H,2-3,5-6H2,1H3,(H,30,31,34)/t12-,16-,17-/m1/s1. The molecule has 10 heteroatoms. The van der Waals surface area contributed by atoms with E-state index >= 15 is 0 Å². The van der Waals surface area contributed by atoms with Gasteiger partial charge in [0.15, 0.2) is 17.2 Å². The Morgan fingerprint density at radius 3 is 2.50 bits per heavy atom. The SMILES string of the molecule is C[C@H](c1ccc(C2CC2)nc1)n1nc(C#N)c2c(=O)[nH]c([C@@H]3CC[C@H]3c3ncc(F)cn3)nc21. The number of hydrogen-bond donors (Lipinski definition) is 1. The van der Waals surface area contributed by atoms with Gasteiger partial charge >= 0.3 is 0 Å². The molecule has 9 nitrogen and oxygen atoms in total. The van der Waals surface area contributed by atoms with E-state index in [4.69, 9.17) is 4.98 Å². The van der Waals surface area contributed by atoms with Crippen LogP contribution in [0.2, 0.25) is 0 Å². The van der Waals surface area contributed by atoms with Gasteiger partial charge in [0.2, 0.25) is 0 Å². The van der Waals surface area contributed by atoms with E-state index in [9.17, 15) is 14.4 Å². The molecule has 6 rings (SSSR count). The largest absolute Gasteiger partial charge is 0.310 e. The van der Waals surface area contributed by atoms with Crippen molar-refractivity contribution in [1.29, 1.82) is 5.26 Å². The Morgan fingerprint density at radius 1 is 1.12 bits per heavy atom. The van der Waals surface area contributed by atoms with Crippen LogP contribution in [0.4, 0.5) is 4.39 Å². The normalized spacial score (nSPS) is 20.6. The van der Waals surface area contributed by atoms with Crippen LogP contribution < -0.4 is 5.56 Å². The van der Waals surface area contributed by atoms with Gasteiger partial charge in [-0.15, -0.1) is 0 Å². The van der Waals surface area contributed by atoms with Crippen molar-refractivity contribution >= 4 is 11.0 Å². The topological polar surface area (TPSA) is 126 Å². The molecule has 170 valence electrons. The maximum Gasteiger partial charge on any atom is 0.263 e. The second-order valence-corrected chi connectivity index (χ2v) is 9.07. The van der Waals surface area contributed by atoms with Gasteiger partial charge in [-0.1, -0.05) is 6.07 Å². The fourth-order valence-electron chi connectivity index (χ4n) is 4.66. The van der Waals surface area contributed by atoms with Crippen molar-refractivity contribution in [2.75, 3.05) is 0 Å². The first kappa shape index (κ1) is 20.6. The lowest BCUT2D eigenvalue weighted by atomic mass is 9.72. The molecule has 4 aromatic heterocycles. The van der Waals surface area contributed by atoms with Crippen LogP contribution >= 0.6 is 0 Å². The molecule has 2 aliphatic carbocycles. The van der Waals surface area contributed by atoms with Crippen LogP contribution in [0.3, 0.4) is 0 Å². The van der Waals surface area contributed by atoms with Crippen molar-refractivity contribution in [3.8, 4) is 6.07 Å². The van der Waals surface area contributed by atoms with Crippen molar-refractivity contribution < 1.29 is 4.39 Å². The van der Waals surface area contributed by atoms with Gasteiger partial charge < -0.3 is 4.98 Å². The molecule has 2 aliphatic rings. The van der Waals surface area contributed by atoms with E-state index in [2.05, 4.69) is 25.0 Å². The first-order valence-electron chi connectivity index (χ1n) is 11.4. The molecular weight excluding hydrogens is 435 g/mol. The third kappa shape index (κ3) is 3.36. The van der Waals surface area contributed by atoms with Crippen molar-refractivity contribution in [2.45, 2.75) is 56.4 Å². The molecule has 0 radical (unpaired) electrons. The Balaban J connectivity index is 1.40. The predicted molar refractivity (Wildman–Crippen MR) is 120 cm³/mol. The predicted octanol–water partition coefficient (Wildman–Crippen LogP) is 3.46. The van der Waals surface area contributed by atoms with Gasteiger partial charge in [0.25, 0.3) is 5.56 Å². The zero-order chi connectivity index (χ0) is 23.4. The highest BCUT2D eigenvalue weighted by Gasteiger charge is 2.38. The molecule has 34 heavy (non-hydrogen) atoms.